The van der Waals surface area contributed by atoms with Crippen molar-refractivity contribution in [2.24, 2.45) is 0 Å². The standard InChI is InChI=1S/C19H19ClF3N3O/c20-17-7-6-14(12-16(17)19(21,22)23)24-13-18(27)26-10-8-25(9-11-26)15-4-2-1-3-5-15/h1-7,12,24H,8-11,13H2. The van der Waals surface area contributed by atoms with E-state index in [4.69, 9.17) is 11.6 Å². The molecule has 1 N–H and O–H groups in total. The molecule has 0 radical (unpaired) electrons. The van der Waals surface area contributed by atoms with Gasteiger partial charge in [-0.25, -0.2) is 0 Å². The number of para-hydroxylation sites is 1. The van der Waals surface area contributed by atoms with Crippen LogP contribution in [0.5, 0.6) is 0 Å². The maximum atomic E-state index is 12.9. The highest BCUT2D eigenvalue weighted by Crippen LogP contribution is 2.36. The summed E-state index contributed by atoms with van der Waals surface area (Å²) in [7, 11) is 0. The lowest BCUT2D eigenvalue weighted by molar-refractivity contribution is -0.137. The van der Waals surface area contributed by atoms with E-state index < -0.39 is 11.7 Å². The van der Waals surface area contributed by atoms with Crippen LogP contribution in [0.15, 0.2) is 48.5 Å². The number of hydrogen-bond donors (Lipinski definition) is 1. The van der Waals surface area contributed by atoms with E-state index in [0.29, 0.717) is 13.1 Å². The molecule has 144 valence electrons. The van der Waals surface area contributed by atoms with Gasteiger partial charge in [0.1, 0.15) is 0 Å². The fourth-order valence-corrected chi connectivity index (χ4v) is 3.22. The van der Waals surface area contributed by atoms with Gasteiger partial charge in [0.25, 0.3) is 0 Å². The number of anilines is 2. The molecule has 0 atom stereocenters. The quantitative estimate of drug-likeness (QED) is 0.843. The lowest BCUT2D eigenvalue weighted by Gasteiger charge is -2.36. The number of nitrogens with zero attached hydrogens (tertiary/aromatic N) is 2. The van der Waals surface area contributed by atoms with Gasteiger partial charge < -0.3 is 15.1 Å². The lowest BCUT2D eigenvalue weighted by Crippen LogP contribution is -2.50. The number of carbonyl (C=O) groups excluding carboxylic acids is 1. The first-order valence-corrected chi connectivity index (χ1v) is 8.91. The second kappa shape index (κ2) is 8.08. The van der Waals surface area contributed by atoms with Gasteiger partial charge >= 0.3 is 6.18 Å². The van der Waals surface area contributed by atoms with E-state index in [1.165, 1.54) is 12.1 Å². The zero-order valence-corrected chi connectivity index (χ0v) is 15.2. The summed E-state index contributed by atoms with van der Waals surface area (Å²) < 4.78 is 38.7. The first-order chi connectivity index (χ1) is 12.8. The van der Waals surface area contributed by atoms with Gasteiger partial charge in [0.15, 0.2) is 0 Å². The normalized spacial score (nSPS) is 15.0. The van der Waals surface area contributed by atoms with Crippen LogP contribution in [-0.4, -0.2) is 43.5 Å². The van der Waals surface area contributed by atoms with Crippen molar-refractivity contribution in [3.05, 3.63) is 59.1 Å². The zero-order chi connectivity index (χ0) is 19.4. The molecule has 8 heteroatoms. The van der Waals surface area contributed by atoms with Crippen molar-refractivity contribution in [1.82, 2.24) is 4.90 Å². The SMILES string of the molecule is O=C(CNc1ccc(Cl)c(C(F)(F)F)c1)N1CCN(c2ccccc2)CC1. The number of benzene rings is 2. The Morgan fingerprint density at radius 1 is 1.04 bits per heavy atom. The molecule has 0 aromatic heterocycles. The highest BCUT2D eigenvalue weighted by Gasteiger charge is 2.33. The predicted octanol–water partition coefficient (Wildman–Crippen LogP) is 4.12. The minimum Gasteiger partial charge on any atom is -0.376 e. The minimum atomic E-state index is -4.54. The van der Waals surface area contributed by atoms with Gasteiger partial charge in [0.05, 0.1) is 17.1 Å². The highest BCUT2D eigenvalue weighted by molar-refractivity contribution is 6.31. The molecule has 1 aliphatic rings. The topological polar surface area (TPSA) is 35.6 Å². The summed E-state index contributed by atoms with van der Waals surface area (Å²) >= 11 is 5.60. The first kappa shape index (κ1) is 19.4. The summed E-state index contributed by atoms with van der Waals surface area (Å²) in [5.41, 5.74) is 0.407. The van der Waals surface area contributed by atoms with Gasteiger partial charge in [0, 0.05) is 37.6 Å². The van der Waals surface area contributed by atoms with Crippen LogP contribution < -0.4 is 10.2 Å². The molecule has 4 nitrogen and oxygen atoms in total. The molecule has 1 heterocycles. The third kappa shape index (κ3) is 4.86. The van der Waals surface area contributed by atoms with Crippen LogP contribution in [0.4, 0.5) is 24.5 Å². The molecule has 2 aromatic carbocycles. The third-order valence-electron chi connectivity index (χ3n) is 4.47. The van der Waals surface area contributed by atoms with Crippen LogP contribution in [0.25, 0.3) is 0 Å². The number of halogens is 4. The largest absolute Gasteiger partial charge is 0.417 e. The van der Waals surface area contributed by atoms with Gasteiger partial charge in [-0.3, -0.25) is 4.79 Å². The maximum absolute atomic E-state index is 12.9. The molecule has 0 bridgehead atoms. The second-order valence-corrected chi connectivity index (χ2v) is 6.66. The molecule has 1 saturated heterocycles. The van der Waals surface area contributed by atoms with Crippen LogP contribution in [0.3, 0.4) is 0 Å². The van der Waals surface area contributed by atoms with Crippen molar-refractivity contribution in [2.75, 3.05) is 42.9 Å². The van der Waals surface area contributed by atoms with Crippen molar-refractivity contribution in [1.29, 1.82) is 0 Å². The molecule has 1 amide bonds. The Labute approximate surface area is 160 Å². The average molecular weight is 398 g/mol. The Hall–Kier alpha value is -2.41. The minimum absolute atomic E-state index is 0.0652. The summed E-state index contributed by atoms with van der Waals surface area (Å²) in [6, 6.07) is 13.5. The van der Waals surface area contributed by atoms with Gasteiger partial charge in [-0.05, 0) is 30.3 Å². The number of nitrogens with one attached hydrogen (secondary N) is 1. The highest BCUT2D eigenvalue weighted by atomic mass is 35.5. The molecule has 1 fully saturated rings. The molecule has 27 heavy (non-hydrogen) atoms. The second-order valence-electron chi connectivity index (χ2n) is 6.25. The van der Waals surface area contributed by atoms with E-state index in [1.54, 1.807) is 4.90 Å². The smallest absolute Gasteiger partial charge is 0.376 e. The number of carbonyl (C=O) groups is 1. The van der Waals surface area contributed by atoms with Crippen LogP contribution in [-0.2, 0) is 11.0 Å². The van der Waals surface area contributed by atoms with E-state index in [-0.39, 0.29) is 23.2 Å². The number of amides is 1. The van der Waals surface area contributed by atoms with Gasteiger partial charge in [-0.15, -0.1) is 0 Å². The third-order valence-corrected chi connectivity index (χ3v) is 4.80. The Bertz CT molecular complexity index is 791. The number of alkyl halides is 3. The molecule has 0 aliphatic carbocycles. The number of hydrogen-bond acceptors (Lipinski definition) is 3. The molecular formula is C19H19ClF3N3O. The predicted molar refractivity (Wildman–Crippen MR) is 100 cm³/mol. The van der Waals surface area contributed by atoms with E-state index in [1.807, 2.05) is 30.3 Å². The average Bonchev–Trinajstić information content (AvgIpc) is 2.67. The monoisotopic (exact) mass is 397 g/mol. The molecule has 1 aliphatic heterocycles. The fraction of sp³-hybridized carbons (Fsp3) is 0.316. The van der Waals surface area contributed by atoms with Crippen molar-refractivity contribution in [3.8, 4) is 0 Å². The van der Waals surface area contributed by atoms with Gasteiger partial charge in [-0.1, -0.05) is 29.8 Å². The summed E-state index contributed by atoms with van der Waals surface area (Å²) in [5.74, 6) is -0.147. The molecule has 0 saturated carbocycles. The maximum Gasteiger partial charge on any atom is 0.417 e. The van der Waals surface area contributed by atoms with E-state index in [9.17, 15) is 18.0 Å². The fourth-order valence-electron chi connectivity index (χ4n) is 2.99. The molecule has 0 unspecified atom stereocenters. The Morgan fingerprint density at radius 3 is 2.33 bits per heavy atom. The molecule has 0 spiro atoms. The number of piperazine rings is 1. The Balaban J connectivity index is 1.53. The first-order valence-electron chi connectivity index (χ1n) is 8.53. The van der Waals surface area contributed by atoms with Crippen molar-refractivity contribution in [3.63, 3.8) is 0 Å². The summed E-state index contributed by atoms with van der Waals surface area (Å²) in [5, 5.41) is 2.40. The van der Waals surface area contributed by atoms with E-state index in [0.717, 1.165) is 24.8 Å². The lowest BCUT2D eigenvalue weighted by atomic mass is 10.2. The summed E-state index contributed by atoms with van der Waals surface area (Å²) in [6.45, 7) is 2.52. The van der Waals surface area contributed by atoms with Crippen LogP contribution in [0.1, 0.15) is 5.56 Å². The number of rotatable bonds is 4. The van der Waals surface area contributed by atoms with Crippen molar-refractivity contribution in [2.45, 2.75) is 6.18 Å². The van der Waals surface area contributed by atoms with Crippen LogP contribution in [0, 0.1) is 0 Å². The molecular weight excluding hydrogens is 379 g/mol. The molecule has 2 aromatic rings. The van der Waals surface area contributed by atoms with Crippen LogP contribution >= 0.6 is 11.6 Å². The molecule has 3 rings (SSSR count). The summed E-state index contributed by atoms with van der Waals surface area (Å²) in [6.07, 6.45) is -4.54. The van der Waals surface area contributed by atoms with Crippen molar-refractivity contribution < 1.29 is 18.0 Å². The Morgan fingerprint density at radius 2 is 1.70 bits per heavy atom. The van der Waals surface area contributed by atoms with E-state index in [2.05, 4.69) is 10.2 Å². The van der Waals surface area contributed by atoms with E-state index >= 15 is 0 Å². The van der Waals surface area contributed by atoms with Gasteiger partial charge in [0.2, 0.25) is 5.91 Å². The Kier molecular flexibility index (Phi) is 5.79. The van der Waals surface area contributed by atoms with Crippen molar-refractivity contribution >= 4 is 28.9 Å². The summed E-state index contributed by atoms with van der Waals surface area (Å²) in [4.78, 5) is 16.3. The van der Waals surface area contributed by atoms with Crippen LogP contribution in [0.2, 0.25) is 5.02 Å². The van der Waals surface area contributed by atoms with Gasteiger partial charge in [-0.2, -0.15) is 13.2 Å². The zero-order valence-electron chi connectivity index (χ0n) is 14.5.